The zero-order valence-corrected chi connectivity index (χ0v) is 10.8. The van der Waals surface area contributed by atoms with Gasteiger partial charge in [-0.2, -0.15) is 0 Å². The fourth-order valence-electron chi connectivity index (χ4n) is 2.24. The predicted octanol–water partition coefficient (Wildman–Crippen LogP) is 1.66. The summed E-state index contributed by atoms with van der Waals surface area (Å²) >= 11 is 1.96. The third-order valence-electron chi connectivity index (χ3n) is 3.19. The summed E-state index contributed by atoms with van der Waals surface area (Å²) in [5.41, 5.74) is 1.57. The van der Waals surface area contributed by atoms with E-state index in [0.29, 0.717) is 0 Å². The molecule has 0 unspecified atom stereocenters. The van der Waals surface area contributed by atoms with E-state index in [-0.39, 0.29) is 0 Å². The number of fused-ring (bicyclic) bond motifs is 1. The van der Waals surface area contributed by atoms with Crippen LogP contribution in [0.25, 0.3) is 0 Å². The molecular formula is C12H16N4S. The highest BCUT2D eigenvalue weighted by Crippen LogP contribution is 2.30. The monoisotopic (exact) mass is 248 g/mol. The number of thiophene rings is 1. The van der Waals surface area contributed by atoms with Crippen molar-refractivity contribution in [3.05, 3.63) is 33.5 Å². The van der Waals surface area contributed by atoms with Crippen LogP contribution in [0.3, 0.4) is 0 Å². The van der Waals surface area contributed by atoms with E-state index in [1.54, 1.807) is 16.8 Å². The van der Waals surface area contributed by atoms with E-state index in [1.165, 1.54) is 24.1 Å². The van der Waals surface area contributed by atoms with Gasteiger partial charge in [-0.25, -0.2) is 0 Å². The molecule has 0 bridgehead atoms. The van der Waals surface area contributed by atoms with Crippen LogP contribution in [0.2, 0.25) is 0 Å². The molecule has 0 aliphatic heterocycles. The lowest BCUT2D eigenvalue weighted by atomic mass is 10.2. The highest BCUT2D eigenvalue weighted by atomic mass is 32.1. The van der Waals surface area contributed by atoms with E-state index in [0.717, 1.165) is 18.9 Å². The predicted molar refractivity (Wildman–Crippen MR) is 67.9 cm³/mol. The third kappa shape index (κ3) is 2.25. The molecule has 1 N–H and O–H groups in total. The summed E-state index contributed by atoms with van der Waals surface area (Å²) < 4.78 is 1.95. The third-order valence-corrected chi connectivity index (χ3v) is 4.42. The summed E-state index contributed by atoms with van der Waals surface area (Å²) in [6, 6.07) is 2.36. The van der Waals surface area contributed by atoms with E-state index in [2.05, 4.69) is 21.6 Å². The van der Waals surface area contributed by atoms with Gasteiger partial charge in [-0.3, -0.25) is 0 Å². The quantitative estimate of drug-likeness (QED) is 0.894. The van der Waals surface area contributed by atoms with E-state index < -0.39 is 0 Å². The van der Waals surface area contributed by atoms with Crippen molar-refractivity contribution in [1.29, 1.82) is 0 Å². The summed E-state index contributed by atoms with van der Waals surface area (Å²) in [4.78, 5) is 3.04. The van der Waals surface area contributed by atoms with Gasteiger partial charge in [0.25, 0.3) is 0 Å². The lowest BCUT2D eigenvalue weighted by Crippen LogP contribution is -2.15. The Hall–Kier alpha value is -1.20. The lowest BCUT2D eigenvalue weighted by Gasteiger charge is -2.02. The Morgan fingerprint density at radius 3 is 3.12 bits per heavy atom. The van der Waals surface area contributed by atoms with Crippen LogP contribution in [0.5, 0.6) is 0 Å². The number of hydrogen-bond donors (Lipinski definition) is 1. The first-order chi connectivity index (χ1) is 8.33. The zero-order chi connectivity index (χ0) is 11.7. The van der Waals surface area contributed by atoms with Crippen molar-refractivity contribution in [2.75, 3.05) is 0 Å². The van der Waals surface area contributed by atoms with Crippen LogP contribution >= 0.6 is 11.3 Å². The van der Waals surface area contributed by atoms with Gasteiger partial charge in [-0.15, -0.1) is 21.5 Å². The number of hydrogen-bond acceptors (Lipinski definition) is 4. The second kappa shape index (κ2) is 4.58. The van der Waals surface area contributed by atoms with Crippen molar-refractivity contribution in [2.24, 2.45) is 7.05 Å². The number of aryl methyl sites for hydroxylation is 3. The van der Waals surface area contributed by atoms with Crippen molar-refractivity contribution in [3.8, 4) is 0 Å². The summed E-state index contributed by atoms with van der Waals surface area (Å²) in [5.74, 6) is 0.981. The van der Waals surface area contributed by atoms with E-state index in [4.69, 9.17) is 0 Å². The minimum atomic E-state index is 0.777. The van der Waals surface area contributed by atoms with Crippen LogP contribution in [0, 0.1) is 0 Å². The molecule has 0 radical (unpaired) electrons. The highest BCUT2D eigenvalue weighted by Gasteiger charge is 2.14. The molecule has 5 heteroatoms. The first kappa shape index (κ1) is 10.9. The van der Waals surface area contributed by atoms with Gasteiger partial charge in [0.05, 0.1) is 6.54 Å². The first-order valence-corrected chi connectivity index (χ1v) is 6.78. The van der Waals surface area contributed by atoms with Crippen LogP contribution in [0.4, 0.5) is 0 Å². The maximum Gasteiger partial charge on any atom is 0.146 e. The van der Waals surface area contributed by atoms with Crippen molar-refractivity contribution in [1.82, 2.24) is 20.1 Å². The SMILES string of the molecule is Cn1cnnc1CNCc1cc2c(s1)CCC2. The summed E-state index contributed by atoms with van der Waals surface area (Å²) in [7, 11) is 1.97. The molecule has 2 heterocycles. The Morgan fingerprint density at radius 1 is 1.41 bits per heavy atom. The van der Waals surface area contributed by atoms with Crippen molar-refractivity contribution < 1.29 is 0 Å². The standard InChI is InChI=1S/C12H16N4S/c1-16-8-14-15-12(16)7-13-6-10-5-9-3-2-4-11(9)17-10/h5,8,13H,2-4,6-7H2,1H3. The molecular weight excluding hydrogens is 232 g/mol. The fourth-order valence-corrected chi connectivity index (χ4v) is 3.47. The number of nitrogens with zero attached hydrogens (tertiary/aromatic N) is 3. The zero-order valence-electron chi connectivity index (χ0n) is 9.94. The maximum absolute atomic E-state index is 4.05. The van der Waals surface area contributed by atoms with Crippen molar-refractivity contribution in [2.45, 2.75) is 32.4 Å². The lowest BCUT2D eigenvalue weighted by molar-refractivity contribution is 0.641. The van der Waals surface area contributed by atoms with Crippen LogP contribution in [-0.2, 0) is 33.0 Å². The van der Waals surface area contributed by atoms with E-state index >= 15 is 0 Å². The van der Waals surface area contributed by atoms with Crippen molar-refractivity contribution in [3.63, 3.8) is 0 Å². The Bertz CT molecular complexity index is 493. The summed E-state index contributed by atoms with van der Waals surface area (Å²) in [6.45, 7) is 1.71. The molecule has 0 atom stereocenters. The van der Waals surface area contributed by atoms with Gasteiger partial charge in [-0.1, -0.05) is 0 Å². The van der Waals surface area contributed by atoms with Gasteiger partial charge in [0.1, 0.15) is 12.2 Å². The average molecular weight is 248 g/mol. The minimum Gasteiger partial charge on any atom is -0.320 e. The molecule has 3 rings (SSSR count). The highest BCUT2D eigenvalue weighted by molar-refractivity contribution is 7.12. The molecule has 2 aromatic heterocycles. The van der Waals surface area contributed by atoms with Gasteiger partial charge in [-0.05, 0) is 30.9 Å². The van der Waals surface area contributed by atoms with Gasteiger partial charge in [0, 0.05) is 23.3 Å². The van der Waals surface area contributed by atoms with Crippen molar-refractivity contribution >= 4 is 11.3 Å². The van der Waals surface area contributed by atoms with Gasteiger partial charge >= 0.3 is 0 Å². The Morgan fingerprint density at radius 2 is 2.35 bits per heavy atom. The van der Waals surface area contributed by atoms with Crippen LogP contribution < -0.4 is 5.32 Å². The molecule has 0 saturated heterocycles. The first-order valence-electron chi connectivity index (χ1n) is 5.97. The largest absolute Gasteiger partial charge is 0.320 e. The normalized spacial score (nSPS) is 14.2. The molecule has 17 heavy (non-hydrogen) atoms. The topological polar surface area (TPSA) is 42.7 Å². The Balaban J connectivity index is 1.56. The minimum absolute atomic E-state index is 0.777. The molecule has 90 valence electrons. The Labute approximate surface area is 105 Å². The fraction of sp³-hybridized carbons (Fsp3) is 0.500. The second-order valence-electron chi connectivity index (χ2n) is 4.48. The summed E-state index contributed by atoms with van der Waals surface area (Å²) in [5, 5.41) is 11.3. The van der Waals surface area contributed by atoms with Gasteiger partial charge < -0.3 is 9.88 Å². The average Bonchev–Trinajstić information content (AvgIpc) is 2.95. The number of aromatic nitrogens is 3. The molecule has 0 spiro atoms. The molecule has 0 amide bonds. The van der Waals surface area contributed by atoms with Crippen LogP contribution in [-0.4, -0.2) is 14.8 Å². The van der Waals surface area contributed by atoms with E-state index in [9.17, 15) is 0 Å². The maximum atomic E-state index is 4.05. The molecule has 4 nitrogen and oxygen atoms in total. The van der Waals surface area contributed by atoms with Gasteiger partial charge in [0.15, 0.2) is 0 Å². The molecule has 0 fully saturated rings. The molecule has 2 aromatic rings. The number of nitrogens with one attached hydrogen (secondary N) is 1. The smallest absolute Gasteiger partial charge is 0.146 e. The summed E-state index contributed by atoms with van der Waals surface area (Å²) in [6.07, 6.45) is 5.63. The van der Waals surface area contributed by atoms with Gasteiger partial charge in [0.2, 0.25) is 0 Å². The second-order valence-corrected chi connectivity index (χ2v) is 5.70. The van der Waals surface area contributed by atoms with Crippen LogP contribution in [0.15, 0.2) is 12.4 Å². The van der Waals surface area contributed by atoms with Crippen LogP contribution in [0.1, 0.15) is 27.6 Å². The molecule has 1 aliphatic carbocycles. The Kier molecular flexibility index (Phi) is 2.94. The molecule has 0 saturated carbocycles. The molecule has 0 aromatic carbocycles. The number of rotatable bonds is 4. The molecule has 1 aliphatic rings. The van der Waals surface area contributed by atoms with E-state index in [1.807, 2.05) is 23.0 Å².